The quantitative estimate of drug-likeness (QED) is 0.707. The average molecular weight is 213 g/mol. The van der Waals surface area contributed by atoms with Crippen molar-refractivity contribution in [2.75, 3.05) is 24.6 Å². The van der Waals surface area contributed by atoms with Gasteiger partial charge in [0.05, 0.1) is 13.0 Å². The van der Waals surface area contributed by atoms with Crippen LogP contribution in [0.25, 0.3) is 0 Å². The first kappa shape index (κ1) is 11.4. The number of hydrogen-bond donors (Lipinski definition) is 1. The normalized spacial score (nSPS) is 22.5. The standard InChI is InChI=1S/C10H15NO2S/c1-2-3-4-11-5-6-14-8-9(11)7-10(12)13/h9H,4-8H2,1H3,(H,12,13). The molecular formula is C10H15NO2S. The highest BCUT2D eigenvalue weighted by atomic mass is 32.2. The summed E-state index contributed by atoms with van der Waals surface area (Å²) in [5, 5.41) is 8.74. The predicted molar refractivity (Wildman–Crippen MR) is 58.4 cm³/mol. The van der Waals surface area contributed by atoms with Crippen LogP contribution < -0.4 is 0 Å². The van der Waals surface area contributed by atoms with Gasteiger partial charge in [0.1, 0.15) is 0 Å². The lowest BCUT2D eigenvalue weighted by atomic mass is 10.2. The van der Waals surface area contributed by atoms with E-state index < -0.39 is 5.97 Å². The predicted octanol–water partition coefficient (Wildman–Crippen LogP) is 0.902. The van der Waals surface area contributed by atoms with Gasteiger partial charge < -0.3 is 5.11 Å². The average Bonchev–Trinajstić information content (AvgIpc) is 2.16. The molecule has 1 fully saturated rings. The molecule has 1 rings (SSSR count). The Kier molecular flexibility index (Phi) is 4.85. The Morgan fingerprint density at radius 2 is 2.50 bits per heavy atom. The molecule has 0 aliphatic carbocycles. The van der Waals surface area contributed by atoms with E-state index in [0.29, 0.717) is 6.54 Å². The van der Waals surface area contributed by atoms with E-state index in [9.17, 15) is 4.79 Å². The lowest BCUT2D eigenvalue weighted by molar-refractivity contribution is -0.138. The summed E-state index contributed by atoms with van der Waals surface area (Å²) in [5.74, 6) is 7.12. The summed E-state index contributed by atoms with van der Waals surface area (Å²) < 4.78 is 0. The molecular weight excluding hydrogens is 198 g/mol. The molecule has 3 nitrogen and oxygen atoms in total. The molecule has 14 heavy (non-hydrogen) atoms. The van der Waals surface area contributed by atoms with Gasteiger partial charge in [0.25, 0.3) is 0 Å². The molecule has 78 valence electrons. The summed E-state index contributed by atoms with van der Waals surface area (Å²) in [4.78, 5) is 12.8. The molecule has 0 bridgehead atoms. The highest BCUT2D eigenvalue weighted by Crippen LogP contribution is 2.18. The Morgan fingerprint density at radius 1 is 1.71 bits per heavy atom. The van der Waals surface area contributed by atoms with E-state index in [1.165, 1.54) is 0 Å². The van der Waals surface area contributed by atoms with Crippen LogP contribution in [0, 0.1) is 11.8 Å². The third kappa shape index (κ3) is 3.60. The summed E-state index contributed by atoms with van der Waals surface area (Å²) in [7, 11) is 0. The first-order valence-electron chi connectivity index (χ1n) is 4.67. The maximum absolute atomic E-state index is 10.6. The van der Waals surface area contributed by atoms with Crippen LogP contribution in [0.2, 0.25) is 0 Å². The number of carboxylic acids is 1. The first-order chi connectivity index (χ1) is 6.74. The van der Waals surface area contributed by atoms with Gasteiger partial charge in [-0.05, 0) is 6.92 Å². The third-order valence-corrected chi connectivity index (χ3v) is 3.31. The van der Waals surface area contributed by atoms with Crippen LogP contribution in [-0.2, 0) is 4.79 Å². The van der Waals surface area contributed by atoms with Crippen LogP contribution in [0.4, 0.5) is 0 Å². The number of rotatable bonds is 3. The van der Waals surface area contributed by atoms with Gasteiger partial charge in [0, 0.05) is 24.1 Å². The van der Waals surface area contributed by atoms with Gasteiger partial charge in [-0.15, -0.1) is 5.92 Å². The molecule has 1 aliphatic heterocycles. The van der Waals surface area contributed by atoms with Gasteiger partial charge in [-0.3, -0.25) is 9.69 Å². The van der Waals surface area contributed by atoms with Crippen LogP contribution >= 0.6 is 11.8 Å². The van der Waals surface area contributed by atoms with Gasteiger partial charge in [-0.2, -0.15) is 11.8 Å². The lowest BCUT2D eigenvalue weighted by Crippen LogP contribution is -2.43. The largest absolute Gasteiger partial charge is 0.481 e. The van der Waals surface area contributed by atoms with E-state index in [4.69, 9.17) is 5.11 Å². The van der Waals surface area contributed by atoms with Gasteiger partial charge in [-0.1, -0.05) is 5.92 Å². The van der Waals surface area contributed by atoms with Crippen LogP contribution in [0.3, 0.4) is 0 Å². The smallest absolute Gasteiger partial charge is 0.304 e. The van der Waals surface area contributed by atoms with Crippen molar-refractivity contribution in [2.45, 2.75) is 19.4 Å². The molecule has 1 atom stereocenters. The Bertz CT molecular complexity index is 257. The topological polar surface area (TPSA) is 40.5 Å². The van der Waals surface area contributed by atoms with Crippen LogP contribution in [0.15, 0.2) is 0 Å². The van der Waals surface area contributed by atoms with Gasteiger partial charge in [-0.25, -0.2) is 0 Å². The Hall–Kier alpha value is -0.660. The highest BCUT2D eigenvalue weighted by molar-refractivity contribution is 7.99. The molecule has 0 aromatic carbocycles. The fraction of sp³-hybridized carbons (Fsp3) is 0.700. The van der Waals surface area contributed by atoms with Crippen molar-refractivity contribution < 1.29 is 9.90 Å². The van der Waals surface area contributed by atoms with E-state index in [-0.39, 0.29) is 12.5 Å². The third-order valence-electron chi connectivity index (χ3n) is 2.22. The van der Waals surface area contributed by atoms with Gasteiger partial charge >= 0.3 is 5.97 Å². The van der Waals surface area contributed by atoms with E-state index in [1.54, 1.807) is 0 Å². The number of hydrogen-bond acceptors (Lipinski definition) is 3. The minimum absolute atomic E-state index is 0.159. The molecule has 1 unspecified atom stereocenters. The molecule has 4 heteroatoms. The second-order valence-corrected chi connectivity index (χ2v) is 4.37. The Labute approximate surface area is 88.9 Å². The minimum atomic E-state index is -0.716. The van der Waals surface area contributed by atoms with E-state index in [1.807, 2.05) is 18.7 Å². The highest BCUT2D eigenvalue weighted by Gasteiger charge is 2.23. The molecule has 0 aromatic rings. The van der Waals surface area contributed by atoms with Gasteiger partial charge in [0.15, 0.2) is 0 Å². The maximum Gasteiger partial charge on any atom is 0.304 e. The Balaban J connectivity index is 2.48. The summed E-state index contributed by atoms with van der Waals surface area (Å²) in [5.41, 5.74) is 0. The molecule has 0 spiro atoms. The van der Waals surface area contributed by atoms with Crippen molar-refractivity contribution in [3.8, 4) is 11.8 Å². The molecule has 1 saturated heterocycles. The molecule has 0 amide bonds. The molecule has 1 aliphatic rings. The summed E-state index contributed by atoms with van der Waals surface area (Å²) in [6.07, 6.45) is 0.235. The SMILES string of the molecule is CC#CCN1CCSCC1CC(=O)O. The van der Waals surface area contributed by atoms with Crippen molar-refractivity contribution >= 4 is 17.7 Å². The molecule has 0 aromatic heterocycles. The monoisotopic (exact) mass is 213 g/mol. The summed E-state index contributed by atoms with van der Waals surface area (Å²) in [6.45, 7) is 3.47. The zero-order valence-corrected chi connectivity index (χ0v) is 9.14. The second kappa shape index (κ2) is 5.94. The van der Waals surface area contributed by atoms with Crippen molar-refractivity contribution in [3.63, 3.8) is 0 Å². The Morgan fingerprint density at radius 3 is 3.14 bits per heavy atom. The van der Waals surface area contributed by atoms with E-state index in [0.717, 1.165) is 18.1 Å². The molecule has 1 N–H and O–H groups in total. The van der Waals surface area contributed by atoms with Crippen molar-refractivity contribution in [2.24, 2.45) is 0 Å². The zero-order chi connectivity index (χ0) is 10.4. The number of carbonyl (C=O) groups is 1. The summed E-state index contributed by atoms with van der Waals surface area (Å²) >= 11 is 1.83. The zero-order valence-electron chi connectivity index (χ0n) is 8.32. The fourth-order valence-corrected chi connectivity index (χ4v) is 2.60. The molecule has 0 saturated carbocycles. The molecule has 0 radical (unpaired) electrons. The van der Waals surface area contributed by atoms with Crippen molar-refractivity contribution in [3.05, 3.63) is 0 Å². The maximum atomic E-state index is 10.6. The van der Waals surface area contributed by atoms with Crippen LogP contribution in [-0.4, -0.2) is 46.6 Å². The number of carboxylic acid groups (broad SMARTS) is 1. The number of nitrogens with zero attached hydrogens (tertiary/aromatic N) is 1. The summed E-state index contributed by atoms with van der Waals surface area (Å²) in [6, 6.07) is 0.159. The van der Waals surface area contributed by atoms with E-state index in [2.05, 4.69) is 16.7 Å². The second-order valence-electron chi connectivity index (χ2n) is 3.22. The first-order valence-corrected chi connectivity index (χ1v) is 5.82. The van der Waals surface area contributed by atoms with Crippen molar-refractivity contribution in [1.29, 1.82) is 0 Å². The number of thioether (sulfide) groups is 1. The van der Waals surface area contributed by atoms with E-state index >= 15 is 0 Å². The minimum Gasteiger partial charge on any atom is -0.481 e. The lowest BCUT2D eigenvalue weighted by Gasteiger charge is -2.32. The van der Waals surface area contributed by atoms with Crippen molar-refractivity contribution in [1.82, 2.24) is 4.90 Å². The van der Waals surface area contributed by atoms with Gasteiger partial charge in [0.2, 0.25) is 0 Å². The van der Waals surface area contributed by atoms with Crippen LogP contribution in [0.5, 0.6) is 0 Å². The van der Waals surface area contributed by atoms with Crippen LogP contribution in [0.1, 0.15) is 13.3 Å². The number of aliphatic carboxylic acids is 1. The molecule has 1 heterocycles. The fourth-order valence-electron chi connectivity index (χ4n) is 1.47.